The molecule has 3 nitrogen and oxygen atoms in total. The summed E-state index contributed by atoms with van der Waals surface area (Å²) in [5.74, 6) is -0.330. The number of hydrogen-bond acceptors (Lipinski definition) is 3. The van der Waals surface area contributed by atoms with Crippen LogP contribution in [0.5, 0.6) is 0 Å². The average molecular weight is 312 g/mol. The van der Waals surface area contributed by atoms with Crippen LogP contribution in [0.25, 0.3) is 0 Å². The van der Waals surface area contributed by atoms with Gasteiger partial charge in [0.1, 0.15) is 5.54 Å². The lowest BCUT2D eigenvalue weighted by Crippen LogP contribution is -2.46. The summed E-state index contributed by atoms with van der Waals surface area (Å²) >= 11 is 1.56. The van der Waals surface area contributed by atoms with Gasteiger partial charge in [0.05, 0.1) is 12.0 Å². The number of nitriles is 1. The second kappa shape index (κ2) is 7.24. The van der Waals surface area contributed by atoms with Crippen LogP contribution in [0.15, 0.2) is 47.8 Å². The van der Waals surface area contributed by atoms with E-state index in [1.165, 1.54) is 5.56 Å². The molecule has 1 amide bonds. The van der Waals surface area contributed by atoms with Crippen LogP contribution < -0.4 is 5.32 Å². The number of carbonyl (C=O) groups excluding carboxylic acids is 1. The van der Waals surface area contributed by atoms with Gasteiger partial charge in [0, 0.05) is 4.88 Å². The lowest BCUT2D eigenvalue weighted by Gasteiger charge is -2.25. The monoisotopic (exact) mass is 312 g/mol. The Labute approximate surface area is 135 Å². The number of carbonyl (C=O) groups is 1. The Balaban J connectivity index is 1.98. The Morgan fingerprint density at radius 3 is 2.64 bits per heavy atom. The SMILES string of the molecule is C[C@H](C(=O)N[C@](C)(C#N)CCc1ccccc1)c1cccs1. The molecule has 1 aromatic carbocycles. The molecule has 0 aliphatic heterocycles. The fourth-order valence-electron chi connectivity index (χ4n) is 2.23. The van der Waals surface area contributed by atoms with Crippen molar-refractivity contribution in [1.29, 1.82) is 5.26 Å². The molecule has 1 aromatic heterocycles. The molecule has 0 spiro atoms. The van der Waals surface area contributed by atoms with E-state index in [-0.39, 0.29) is 11.8 Å². The van der Waals surface area contributed by atoms with Crippen LogP contribution >= 0.6 is 11.3 Å². The first-order valence-corrected chi connectivity index (χ1v) is 8.23. The van der Waals surface area contributed by atoms with Crippen molar-refractivity contribution in [2.45, 2.75) is 38.1 Å². The maximum absolute atomic E-state index is 12.4. The van der Waals surface area contributed by atoms with E-state index in [1.54, 1.807) is 18.3 Å². The number of nitrogens with one attached hydrogen (secondary N) is 1. The molecule has 1 N–H and O–H groups in total. The maximum Gasteiger partial charge on any atom is 0.229 e. The molecular weight excluding hydrogens is 292 g/mol. The topological polar surface area (TPSA) is 52.9 Å². The molecule has 2 atom stereocenters. The molecule has 0 unspecified atom stereocenters. The maximum atomic E-state index is 12.4. The van der Waals surface area contributed by atoms with Crippen molar-refractivity contribution in [1.82, 2.24) is 5.32 Å². The summed E-state index contributed by atoms with van der Waals surface area (Å²) in [5.41, 5.74) is 0.322. The molecule has 0 saturated carbocycles. The van der Waals surface area contributed by atoms with Crippen LogP contribution in [0.2, 0.25) is 0 Å². The summed E-state index contributed by atoms with van der Waals surface area (Å²) in [4.78, 5) is 13.4. The van der Waals surface area contributed by atoms with Gasteiger partial charge in [-0.15, -0.1) is 11.3 Å². The fourth-order valence-corrected chi connectivity index (χ4v) is 3.01. The van der Waals surface area contributed by atoms with E-state index in [4.69, 9.17) is 0 Å². The van der Waals surface area contributed by atoms with Crippen molar-refractivity contribution in [2.24, 2.45) is 0 Å². The summed E-state index contributed by atoms with van der Waals surface area (Å²) in [5, 5.41) is 14.3. The fraction of sp³-hybridized carbons (Fsp3) is 0.333. The van der Waals surface area contributed by atoms with Gasteiger partial charge in [0.25, 0.3) is 0 Å². The molecular formula is C18H20N2OS. The lowest BCUT2D eigenvalue weighted by molar-refractivity contribution is -0.123. The molecule has 0 fully saturated rings. The van der Waals surface area contributed by atoms with Gasteiger partial charge in [-0.05, 0) is 43.7 Å². The second-order valence-electron chi connectivity index (χ2n) is 5.66. The minimum absolute atomic E-state index is 0.0976. The first-order valence-electron chi connectivity index (χ1n) is 7.35. The minimum Gasteiger partial charge on any atom is -0.337 e. The standard InChI is InChI=1S/C18H20N2OS/c1-14(16-9-6-12-22-16)17(21)20-18(2,13-19)11-10-15-7-4-3-5-8-15/h3-9,12,14H,10-11H2,1-2H3,(H,20,21)/t14-,18-/m0/s1. The smallest absolute Gasteiger partial charge is 0.229 e. The van der Waals surface area contributed by atoms with Crippen LogP contribution in [0.1, 0.15) is 36.6 Å². The van der Waals surface area contributed by atoms with Gasteiger partial charge in [-0.1, -0.05) is 36.4 Å². The quantitative estimate of drug-likeness (QED) is 0.880. The third-order valence-corrected chi connectivity index (χ3v) is 4.82. The van der Waals surface area contributed by atoms with Gasteiger partial charge in [0.15, 0.2) is 0 Å². The number of aryl methyl sites for hydroxylation is 1. The number of hydrogen-bond donors (Lipinski definition) is 1. The summed E-state index contributed by atoms with van der Waals surface area (Å²) in [7, 11) is 0. The highest BCUT2D eigenvalue weighted by atomic mass is 32.1. The van der Waals surface area contributed by atoms with Crippen LogP contribution in [0, 0.1) is 11.3 Å². The lowest BCUT2D eigenvalue weighted by atomic mass is 9.93. The summed E-state index contributed by atoms with van der Waals surface area (Å²) < 4.78 is 0. The zero-order chi connectivity index (χ0) is 16.0. The first kappa shape index (κ1) is 16.3. The summed E-state index contributed by atoms with van der Waals surface area (Å²) in [6.45, 7) is 3.66. The predicted octanol–water partition coefficient (Wildman–Crippen LogP) is 3.88. The highest BCUT2D eigenvalue weighted by Gasteiger charge is 2.28. The normalized spacial score (nSPS) is 14.6. The third-order valence-electron chi connectivity index (χ3n) is 3.77. The molecule has 0 radical (unpaired) electrons. The molecule has 0 saturated heterocycles. The van der Waals surface area contributed by atoms with Gasteiger partial charge in [-0.2, -0.15) is 5.26 Å². The van der Waals surface area contributed by atoms with Crippen molar-refractivity contribution in [2.75, 3.05) is 0 Å². The Morgan fingerprint density at radius 2 is 2.05 bits per heavy atom. The Morgan fingerprint density at radius 1 is 1.32 bits per heavy atom. The molecule has 0 aliphatic rings. The van der Waals surface area contributed by atoms with Gasteiger partial charge < -0.3 is 5.32 Å². The van der Waals surface area contributed by atoms with Crippen molar-refractivity contribution in [3.63, 3.8) is 0 Å². The minimum atomic E-state index is -0.849. The van der Waals surface area contributed by atoms with Crippen molar-refractivity contribution in [3.05, 3.63) is 58.3 Å². The summed E-state index contributed by atoms with van der Waals surface area (Å²) in [6.07, 6.45) is 1.36. The van der Waals surface area contributed by atoms with Crippen molar-refractivity contribution < 1.29 is 4.79 Å². The van der Waals surface area contributed by atoms with E-state index in [0.29, 0.717) is 6.42 Å². The van der Waals surface area contributed by atoms with E-state index < -0.39 is 5.54 Å². The Bertz CT molecular complexity index is 645. The predicted molar refractivity (Wildman–Crippen MR) is 89.7 cm³/mol. The molecule has 114 valence electrons. The van der Waals surface area contributed by atoms with Crippen LogP contribution in [-0.2, 0) is 11.2 Å². The third kappa shape index (κ3) is 4.19. The van der Waals surface area contributed by atoms with Gasteiger partial charge in [0.2, 0.25) is 5.91 Å². The van der Waals surface area contributed by atoms with Gasteiger partial charge in [-0.25, -0.2) is 0 Å². The van der Waals surface area contributed by atoms with E-state index in [9.17, 15) is 10.1 Å². The second-order valence-corrected chi connectivity index (χ2v) is 6.64. The zero-order valence-electron chi connectivity index (χ0n) is 12.9. The number of amides is 1. The molecule has 2 aromatic rings. The van der Waals surface area contributed by atoms with E-state index in [1.807, 2.05) is 54.8 Å². The molecule has 22 heavy (non-hydrogen) atoms. The van der Waals surface area contributed by atoms with E-state index in [0.717, 1.165) is 11.3 Å². The summed E-state index contributed by atoms with van der Waals surface area (Å²) in [6, 6.07) is 16.1. The number of benzene rings is 1. The Hall–Kier alpha value is -2.12. The highest BCUT2D eigenvalue weighted by molar-refractivity contribution is 7.10. The number of thiophene rings is 1. The highest BCUT2D eigenvalue weighted by Crippen LogP contribution is 2.22. The number of nitrogens with zero attached hydrogens (tertiary/aromatic N) is 1. The Kier molecular flexibility index (Phi) is 5.35. The average Bonchev–Trinajstić information content (AvgIpc) is 3.07. The van der Waals surface area contributed by atoms with E-state index in [2.05, 4.69) is 11.4 Å². The molecule has 1 heterocycles. The van der Waals surface area contributed by atoms with E-state index >= 15 is 0 Å². The first-order chi connectivity index (χ1) is 10.5. The zero-order valence-corrected chi connectivity index (χ0v) is 13.7. The van der Waals surface area contributed by atoms with Crippen LogP contribution in [0.3, 0.4) is 0 Å². The van der Waals surface area contributed by atoms with Gasteiger partial charge >= 0.3 is 0 Å². The van der Waals surface area contributed by atoms with Crippen LogP contribution in [-0.4, -0.2) is 11.4 Å². The molecule has 0 aliphatic carbocycles. The van der Waals surface area contributed by atoms with Crippen LogP contribution in [0.4, 0.5) is 0 Å². The van der Waals surface area contributed by atoms with Crippen molar-refractivity contribution in [3.8, 4) is 6.07 Å². The molecule has 2 rings (SSSR count). The molecule has 4 heteroatoms. The number of rotatable bonds is 6. The van der Waals surface area contributed by atoms with Crippen molar-refractivity contribution >= 4 is 17.2 Å². The largest absolute Gasteiger partial charge is 0.337 e. The molecule has 0 bridgehead atoms. The van der Waals surface area contributed by atoms with Gasteiger partial charge in [-0.3, -0.25) is 4.79 Å².